The molecule has 2 fully saturated rings. The predicted octanol–water partition coefficient (Wildman–Crippen LogP) is 3.92. The smallest absolute Gasteiger partial charge is 0.321 e. The number of anilines is 1. The number of halogens is 1. The van der Waals surface area contributed by atoms with E-state index in [1.807, 2.05) is 35.8 Å². The van der Waals surface area contributed by atoms with E-state index >= 15 is 0 Å². The number of amides is 3. The van der Waals surface area contributed by atoms with Crippen molar-refractivity contribution in [2.75, 3.05) is 44.6 Å². The molecule has 0 bridgehead atoms. The fourth-order valence-corrected chi connectivity index (χ4v) is 4.81. The molecule has 1 aromatic rings. The second-order valence-corrected chi connectivity index (χ2v) is 8.40. The van der Waals surface area contributed by atoms with Gasteiger partial charge in [0, 0.05) is 50.0 Å². The molecule has 0 aromatic heterocycles. The number of hydrogen-bond acceptors (Lipinski definition) is 3. The molecule has 1 saturated heterocycles. The van der Waals surface area contributed by atoms with Crippen molar-refractivity contribution < 1.29 is 9.59 Å². The van der Waals surface area contributed by atoms with E-state index in [0.29, 0.717) is 29.7 Å². The summed E-state index contributed by atoms with van der Waals surface area (Å²) >= 11 is 6.00. The molecule has 1 aromatic carbocycles. The van der Waals surface area contributed by atoms with Gasteiger partial charge in [-0.3, -0.25) is 9.69 Å². The molecule has 0 spiro atoms. The number of piperazine rings is 1. The Kier molecular flexibility index (Phi) is 7.78. The number of urea groups is 1. The zero-order valence-electron chi connectivity index (χ0n) is 17.6. The van der Waals surface area contributed by atoms with E-state index in [4.69, 9.17) is 11.6 Å². The number of rotatable bonds is 6. The van der Waals surface area contributed by atoms with Gasteiger partial charge in [-0.1, -0.05) is 30.5 Å². The van der Waals surface area contributed by atoms with Crippen LogP contribution in [0.15, 0.2) is 24.3 Å². The standard InChI is InChI=1S/C22H33ClN4O2/c1-3-25(4-2)21(28)20(17-8-5-6-9-17)26-12-14-27(15-13-26)22(29)24-19-11-7-10-18(23)16-19/h7,10-11,16-17,20H,3-6,8-9,12-15H2,1-2H3,(H,24,29)/t20-/m0/s1. The van der Waals surface area contributed by atoms with Crippen LogP contribution in [0, 0.1) is 5.92 Å². The van der Waals surface area contributed by atoms with E-state index in [9.17, 15) is 9.59 Å². The van der Waals surface area contributed by atoms with Gasteiger partial charge in [-0.15, -0.1) is 0 Å². The third kappa shape index (κ3) is 5.43. The Morgan fingerprint density at radius 1 is 1.14 bits per heavy atom. The van der Waals surface area contributed by atoms with Gasteiger partial charge in [0.25, 0.3) is 0 Å². The van der Waals surface area contributed by atoms with Gasteiger partial charge in [-0.25, -0.2) is 4.79 Å². The zero-order valence-corrected chi connectivity index (χ0v) is 18.3. The van der Waals surface area contributed by atoms with Crippen molar-refractivity contribution in [3.05, 3.63) is 29.3 Å². The summed E-state index contributed by atoms with van der Waals surface area (Å²) in [5.74, 6) is 0.702. The lowest BCUT2D eigenvalue weighted by Crippen LogP contribution is -2.58. The van der Waals surface area contributed by atoms with Crippen LogP contribution in [0.2, 0.25) is 5.02 Å². The molecule has 2 aliphatic rings. The minimum atomic E-state index is -0.112. The third-order valence-corrected chi connectivity index (χ3v) is 6.48. The SMILES string of the molecule is CCN(CC)C(=O)[C@H](C1CCCC1)N1CCN(C(=O)Nc2cccc(Cl)c2)CC1. The number of likely N-dealkylation sites (N-methyl/N-ethyl adjacent to an activating group) is 1. The van der Waals surface area contributed by atoms with Crippen LogP contribution in [0.1, 0.15) is 39.5 Å². The fraction of sp³-hybridized carbons (Fsp3) is 0.636. The van der Waals surface area contributed by atoms with Gasteiger partial charge >= 0.3 is 6.03 Å². The molecule has 1 heterocycles. The first kappa shape index (κ1) is 21.9. The van der Waals surface area contributed by atoms with E-state index < -0.39 is 0 Å². The molecule has 7 heteroatoms. The summed E-state index contributed by atoms with van der Waals surface area (Å²) in [6.45, 7) is 8.31. The Balaban J connectivity index is 1.61. The Labute approximate surface area is 179 Å². The first-order chi connectivity index (χ1) is 14.0. The summed E-state index contributed by atoms with van der Waals surface area (Å²) in [4.78, 5) is 32.0. The Morgan fingerprint density at radius 2 is 1.79 bits per heavy atom. The molecular formula is C22H33ClN4O2. The lowest BCUT2D eigenvalue weighted by molar-refractivity contribution is -0.139. The first-order valence-electron chi connectivity index (χ1n) is 10.9. The van der Waals surface area contributed by atoms with Crippen LogP contribution in [0.25, 0.3) is 0 Å². The van der Waals surface area contributed by atoms with Gasteiger partial charge in [0.1, 0.15) is 0 Å². The predicted molar refractivity (Wildman–Crippen MR) is 117 cm³/mol. The molecule has 0 radical (unpaired) electrons. The Morgan fingerprint density at radius 3 is 2.38 bits per heavy atom. The lowest BCUT2D eigenvalue weighted by Gasteiger charge is -2.42. The summed E-state index contributed by atoms with van der Waals surface area (Å²) in [5.41, 5.74) is 0.700. The highest BCUT2D eigenvalue weighted by Crippen LogP contribution is 2.32. The van der Waals surface area contributed by atoms with Gasteiger partial charge in [0.05, 0.1) is 6.04 Å². The molecule has 29 heavy (non-hydrogen) atoms. The van der Waals surface area contributed by atoms with Crippen molar-refractivity contribution in [3.8, 4) is 0 Å². The molecule has 1 aliphatic carbocycles. The quantitative estimate of drug-likeness (QED) is 0.758. The summed E-state index contributed by atoms with van der Waals surface area (Å²) in [6, 6.07) is 7.02. The van der Waals surface area contributed by atoms with E-state index in [-0.39, 0.29) is 18.0 Å². The number of carbonyl (C=O) groups excluding carboxylic acids is 2. The summed E-state index contributed by atoms with van der Waals surface area (Å²) < 4.78 is 0. The molecule has 0 unspecified atom stereocenters. The lowest BCUT2D eigenvalue weighted by atomic mass is 9.94. The number of nitrogens with zero attached hydrogens (tertiary/aromatic N) is 3. The van der Waals surface area contributed by atoms with Crippen LogP contribution < -0.4 is 5.32 Å². The van der Waals surface area contributed by atoms with Crippen molar-refractivity contribution in [1.82, 2.24) is 14.7 Å². The van der Waals surface area contributed by atoms with Crippen LogP contribution in [-0.4, -0.2) is 71.9 Å². The summed E-state index contributed by atoms with van der Waals surface area (Å²) in [5, 5.41) is 3.52. The highest BCUT2D eigenvalue weighted by molar-refractivity contribution is 6.30. The highest BCUT2D eigenvalue weighted by atomic mass is 35.5. The van der Waals surface area contributed by atoms with E-state index in [2.05, 4.69) is 10.2 Å². The normalized spacial score (nSPS) is 19.2. The van der Waals surface area contributed by atoms with Crippen LogP contribution in [-0.2, 0) is 4.79 Å². The number of hydrogen-bond donors (Lipinski definition) is 1. The monoisotopic (exact) mass is 420 g/mol. The second kappa shape index (κ2) is 10.3. The Hall–Kier alpha value is -1.79. The third-order valence-electron chi connectivity index (χ3n) is 6.25. The molecule has 1 saturated carbocycles. The molecule has 1 atom stereocenters. The van der Waals surface area contributed by atoms with Crippen LogP contribution in [0.3, 0.4) is 0 Å². The maximum Gasteiger partial charge on any atom is 0.321 e. The molecule has 160 valence electrons. The van der Waals surface area contributed by atoms with Crippen molar-refractivity contribution in [1.29, 1.82) is 0 Å². The van der Waals surface area contributed by atoms with Gasteiger partial charge in [-0.2, -0.15) is 0 Å². The largest absolute Gasteiger partial charge is 0.342 e. The number of benzene rings is 1. The van der Waals surface area contributed by atoms with Crippen molar-refractivity contribution in [2.24, 2.45) is 5.92 Å². The van der Waals surface area contributed by atoms with E-state index in [1.165, 1.54) is 12.8 Å². The van der Waals surface area contributed by atoms with Gasteiger partial charge in [-0.05, 0) is 50.8 Å². The summed E-state index contributed by atoms with van der Waals surface area (Å²) in [6.07, 6.45) is 4.70. The van der Waals surface area contributed by atoms with Crippen LogP contribution >= 0.6 is 11.6 Å². The van der Waals surface area contributed by atoms with Crippen molar-refractivity contribution in [3.63, 3.8) is 0 Å². The Bertz CT molecular complexity index is 696. The van der Waals surface area contributed by atoms with Crippen LogP contribution in [0.5, 0.6) is 0 Å². The van der Waals surface area contributed by atoms with Gasteiger partial charge < -0.3 is 15.1 Å². The van der Waals surface area contributed by atoms with E-state index in [1.54, 1.807) is 12.1 Å². The molecule has 3 amide bonds. The molecule has 1 aliphatic heterocycles. The number of carbonyl (C=O) groups is 2. The molecule has 6 nitrogen and oxygen atoms in total. The minimum absolute atomic E-state index is 0.0458. The average molecular weight is 421 g/mol. The second-order valence-electron chi connectivity index (χ2n) is 7.96. The van der Waals surface area contributed by atoms with Gasteiger partial charge in [0.15, 0.2) is 0 Å². The zero-order chi connectivity index (χ0) is 20.8. The van der Waals surface area contributed by atoms with Crippen molar-refractivity contribution >= 4 is 29.2 Å². The first-order valence-corrected chi connectivity index (χ1v) is 11.3. The van der Waals surface area contributed by atoms with Crippen molar-refractivity contribution in [2.45, 2.75) is 45.6 Å². The van der Waals surface area contributed by atoms with E-state index in [0.717, 1.165) is 39.0 Å². The maximum atomic E-state index is 13.3. The average Bonchev–Trinajstić information content (AvgIpc) is 3.24. The van der Waals surface area contributed by atoms with Gasteiger partial charge in [0.2, 0.25) is 5.91 Å². The molecule has 3 rings (SSSR count). The van der Waals surface area contributed by atoms with Crippen LogP contribution in [0.4, 0.5) is 10.5 Å². The number of nitrogens with one attached hydrogen (secondary N) is 1. The fourth-order valence-electron chi connectivity index (χ4n) is 4.62. The highest BCUT2D eigenvalue weighted by Gasteiger charge is 2.38. The molecular weight excluding hydrogens is 388 g/mol. The summed E-state index contributed by atoms with van der Waals surface area (Å²) in [7, 11) is 0. The maximum absolute atomic E-state index is 13.3. The minimum Gasteiger partial charge on any atom is -0.342 e. The topological polar surface area (TPSA) is 55.9 Å². The molecule has 1 N–H and O–H groups in total.